The van der Waals surface area contributed by atoms with Gasteiger partial charge in [0, 0.05) is 22.4 Å². The summed E-state index contributed by atoms with van der Waals surface area (Å²) >= 11 is 9.29. The Bertz CT molecular complexity index is 776. The molecule has 20 heavy (non-hydrogen) atoms. The van der Waals surface area contributed by atoms with Gasteiger partial charge in [-0.2, -0.15) is 4.98 Å². The quantitative estimate of drug-likeness (QED) is 0.761. The lowest BCUT2D eigenvalue weighted by Gasteiger charge is -1.98. The highest BCUT2D eigenvalue weighted by Crippen LogP contribution is 2.29. The smallest absolute Gasteiger partial charge is 0.280 e. The molecule has 0 radical (unpaired) electrons. The molecule has 0 saturated heterocycles. The Balaban J connectivity index is 2.02. The molecule has 0 spiro atoms. The molecule has 0 saturated carbocycles. The van der Waals surface area contributed by atoms with E-state index in [4.69, 9.17) is 21.9 Å². The Morgan fingerprint density at radius 3 is 2.75 bits per heavy atom. The van der Waals surface area contributed by atoms with E-state index in [9.17, 15) is 0 Å². The molecule has 6 nitrogen and oxygen atoms in total. The number of nitrogen functional groups attached to an aromatic ring is 1. The second kappa shape index (κ2) is 5.18. The first-order valence-corrected chi connectivity index (χ1v) is 6.68. The summed E-state index contributed by atoms with van der Waals surface area (Å²) in [6, 6.07) is 5.34. The molecule has 0 fully saturated rings. The first-order chi connectivity index (χ1) is 9.65. The van der Waals surface area contributed by atoms with Crippen molar-refractivity contribution in [3.63, 3.8) is 0 Å². The average Bonchev–Trinajstić information content (AvgIpc) is 2.92. The normalized spacial score (nSPS) is 10.7. The number of hydrogen-bond donors (Lipinski definition) is 1. The number of aromatic nitrogens is 4. The number of hydrogen-bond acceptors (Lipinski definition) is 6. The average molecular weight is 353 g/mol. The van der Waals surface area contributed by atoms with Crippen LogP contribution in [0.1, 0.15) is 0 Å². The standard InChI is InChI=1S/C12H7BrClN5O/c13-7-5-6(1-2-8(7)14)11-18-12(20-19-11)9-10(15)17-4-3-16-9/h1-5H,(H2,15,17). The third-order valence-electron chi connectivity index (χ3n) is 2.53. The van der Waals surface area contributed by atoms with E-state index in [0.29, 0.717) is 16.5 Å². The highest BCUT2D eigenvalue weighted by Gasteiger charge is 2.15. The number of benzene rings is 1. The van der Waals surface area contributed by atoms with Crippen LogP contribution in [0.2, 0.25) is 5.02 Å². The maximum atomic E-state index is 5.94. The van der Waals surface area contributed by atoms with Gasteiger partial charge in [0.2, 0.25) is 5.82 Å². The fourth-order valence-electron chi connectivity index (χ4n) is 1.59. The Kier molecular flexibility index (Phi) is 3.37. The zero-order valence-electron chi connectivity index (χ0n) is 9.92. The first-order valence-electron chi connectivity index (χ1n) is 5.51. The SMILES string of the molecule is Nc1nccnc1-c1nc(-c2ccc(Cl)c(Br)c2)no1. The van der Waals surface area contributed by atoms with Gasteiger partial charge in [-0.25, -0.2) is 9.97 Å². The van der Waals surface area contributed by atoms with E-state index < -0.39 is 0 Å². The molecule has 0 atom stereocenters. The number of nitrogens with zero attached hydrogens (tertiary/aromatic N) is 4. The number of rotatable bonds is 2. The van der Waals surface area contributed by atoms with E-state index in [2.05, 4.69) is 36.0 Å². The molecule has 0 aliphatic carbocycles. The van der Waals surface area contributed by atoms with Crippen molar-refractivity contribution in [3.05, 3.63) is 40.1 Å². The van der Waals surface area contributed by atoms with Crippen molar-refractivity contribution in [2.24, 2.45) is 0 Å². The van der Waals surface area contributed by atoms with Crippen LogP contribution in [0, 0.1) is 0 Å². The molecule has 2 heterocycles. The molecule has 8 heteroatoms. The molecular weight excluding hydrogens is 346 g/mol. The van der Waals surface area contributed by atoms with Gasteiger partial charge in [-0.15, -0.1) is 0 Å². The largest absolute Gasteiger partial charge is 0.382 e. The van der Waals surface area contributed by atoms with Gasteiger partial charge in [0.15, 0.2) is 11.5 Å². The van der Waals surface area contributed by atoms with Crippen LogP contribution in [0.15, 0.2) is 39.6 Å². The molecule has 0 unspecified atom stereocenters. The number of halogens is 2. The summed E-state index contributed by atoms with van der Waals surface area (Å²) in [5.74, 6) is 0.874. The molecule has 3 rings (SSSR count). The van der Waals surface area contributed by atoms with Gasteiger partial charge >= 0.3 is 0 Å². The molecule has 3 aromatic rings. The zero-order chi connectivity index (χ0) is 14.1. The van der Waals surface area contributed by atoms with Crippen LogP contribution < -0.4 is 5.73 Å². The highest BCUT2D eigenvalue weighted by molar-refractivity contribution is 9.10. The molecule has 0 aliphatic heterocycles. The first kappa shape index (κ1) is 13.0. The van der Waals surface area contributed by atoms with Crippen molar-refractivity contribution >= 4 is 33.3 Å². The number of anilines is 1. The van der Waals surface area contributed by atoms with Gasteiger partial charge in [0.25, 0.3) is 5.89 Å². The predicted molar refractivity (Wildman–Crippen MR) is 77.9 cm³/mol. The van der Waals surface area contributed by atoms with Gasteiger partial charge in [0.05, 0.1) is 5.02 Å². The van der Waals surface area contributed by atoms with Gasteiger partial charge in [-0.1, -0.05) is 16.8 Å². The van der Waals surface area contributed by atoms with Crippen LogP contribution in [-0.2, 0) is 0 Å². The van der Waals surface area contributed by atoms with Crippen LogP contribution in [0.4, 0.5) is 5.82 Å². The van der Waals surface area contributed by atoms with E-state index in [-0.39, 0.29) is 11.7 Å². The van der Waals surface area contributed by atoms with Crippen molar-refractivity contribution < 1.29 is 4.52 Å². The fourth-order valence-corrected chi connectivity index (χ4v) is 2.08. The third-order valence-corrected chi connectivity index (χ3v) is 3.75. The van der Waals surface area contributed by atoms with Crippen LogP contribution in [0.3, 0.4) is 0 Å². The van der Waals surface area contributed by atoms with Crippen LogP contribution in [0.25, 0.3) is 23.0 Å². The van der Waals surface area contributed by atoms with Crippen molar-refractivity contribution in [2.75, 3.05) is 5.73 Å². The monoisotopic (exact) mass is 351 g/mol. The van der Waals surface area contributed by atoms with E-state index in [1.54, 1.807) is 18.2 Å². The summed E-state index contributed by atoms with van der Waals surface area (Å²) in [5.41, 5.74) is 6.84. The topological polar surface area (TPSA) is 90.7 Å². The van der Waals surface area contributed by atoms with E-state index in [0.717, 1.165) is 10.0 Å². The van der Waals surface area contributed by atoms with Gasteiger partial charge in [0.1, 0.15) is 0 Å². The van der Waals surface area contributed by atoms with Crippen LogP contribution >= 0.6 is 27.5 Å². The minimum atomic E-state index is 0.219. The molecule has 2 aromatic heterocycles. The van der Waals surface area contributed by atoms with Gasteiger partial charge in [-0.3, -0.25) is 0 Å². The molecule has 0 amide bonds. The second-order valence-electron chi connectivity index (χ2n) is 3.84. The van der Waals surface area contributed by atoms with Crippen molar-refractivity contribution in [1.82, 2.24) is 20.1 Å². The lowest BCUT2D eigenvalue weighted by atomic mass is 10.2. The van der Waals surface area contributed by atoms with Crippen LogP contribution in [-0.4, -0.2) is 20.1 Å². The lowest BCUT2D eigenvalue weighted by Crippen LogP contribution is -1.96. The Morgan fingerprint density at radius 2 is 2.00 bits per heavy atom. The summed E-state index contributed by atoms with van der Waals surface area (Å²) in [5, 5.41) is 4.51. The molecule has 0 aliphatic rings. The van der Waals surface area contributed by atoms with Gasteiger partial charge in [-0.05, 0) is 34.1 Å². The van der Waals surface area contributed by atoms with Crippen molar-refractivity contribution in [1.29, 1.82) is 0 Å². The highest BCUT2D eigenvalue weighted by atomic mass is 79.9. The Hall–Kier alpha value is -1.99. The summed E-state index contributed by atoms with van der Waals surface area (Å²) in [4.78, 5) is 12.3. The third kappa shape index (κ3) is 2.37. The van der Waals surface area contributed by atoms with E-state index in [1.807, 2.05) is 0 Å². The minimum absolute atomic E-state index is 0.219. The number of nitrogens with two attached hydrogens (primary N) is 1. The van der Waals surface area contributed by atoms with Crippen molar-refractivity contribution in [3.8, 4) is 23.0 Å². The second-order valence-corrected chi connectivity index (χ2v) is 5.10. The summed E-state index contributed by atoms with van der Waals surface area (Å²) in [6.07, 6.45) is 3.00. The molecule has 100 valence electrons. The molecule has 1 aromatic carbocycles. The fraction of sp³-hybridized carbons (Fsp3) is 0. The van der Waals surface area contributed by atoms with Crippen molar-refractivity contribution in [2.45, 2.75) is 0 Å². The van der Waals surface area contributed by atoms with E-state index >= 15 is 0 Å². The lowest BCUT2D eigenvalue weighted by molar-refractivity contribution is 0.431. The summed E-state index contributed by atoms with van der Waals surface area (Å²) in [7, 11) is 0. The summed E-state index contributed by atoms with van der Waals surface area (Å²) < 4.78 is 5.92. The maximum absolute atomic E-state index is 5.94. The van der Waals surface area contributed by atoms with E-state index in [1.165, 1.54) is 12.4 Å². The Morgan fingerprint density at radius 1 is 1.20 bits per heavy atom. The predicted octanol–water partition coefficient (Wildman–Crippen LogP) is 3.19. The molecule has 2 N–H and O–H groups in total. The van der Waals surface area contributed by atoms with Gasteiger partial charge < -0.3 is 10.3 Å². The molecular formula is C12H7BrClN5O. The Labute approximate surface area is 127 Å². The molecule has 0 bridgehead atoms. The van der Waals surface area contributed by atoms with Crippen LogP contribution in [0.5, 0.6) is 0 Å². The maximum Gasteiger partial charge on any atom is 0.280 e. The summed E-state index contributed by atoms with van der Waals surface area (Å²) in [6.45, 7) is 0. The minimum Gasteiger partial charge on any atom is -0.382 e. The zero-order valence-corrected chi connectivity index (χ0v) is 12.3.